The maximum absolute atomic E-state index is 11.6. The number of rotatable bonds is 8. The highest BCUT2D eigenvalue weighted by Crippen LogP contribution is 2.31. The summed E-state index contributed by atoms with van der Waals surface area (Å²) in [4.78, 5) is 16.1. The van der Waals surface area contributed by atoms with Crippen LogP contribution in [0.1, 0.15) is 18.4 Å². The molecule has 2 N–H and O–H groups in total. The summed E-state index contributed by atoms with van der Waals surface area (Å²) in [6.07, 6.45) is 14.8. The maximum Gasteiger partial charge on any atom is 0.221 e. The third-order valence-electron chi connectivity index (χ3n) is 5.09. The molecule has 0 aromatic carbocycles. The number of aryl methyl sites for hydroxylation is 1. The van der Waals surface area contributed by atoms with Crippen LogP contribution in [-0.4, -0.2) is 43.4 Å². The number of aromatic nitrogens is 5. The van der Waals surface area contributed by atoms with E-state index < -0.39 is 0 Å². The zero-order valence-corrected chi connectivity index (χ0v) is 18.1. The van der Waals surface area contributed by atoms with Gasteiger partial charge < -0.3 is 10.6 Å². The fourth-order valence-electron chi connectivity index (χ4n) is 3.48. The summed E-state index contributed by atoms with van der Waals surface area (Å²) in [6, 6.07) is 8.04. The number of pyridine rings is 2. The van der Waals surface area contributed by atoms with E-state index in [9.17, 15) is 10.1 Å². The minimum absolute atomic E-state index is 0.0651. The molecule has 0 aliphatic carbocycles. The topological polar surface area (TPSA) is 113 Å². The summed E-state index contributed by atoms with van der Waals surface area (Å²) in [6.45, 7) is 1.01. The molecule has 0 bridgehead atoms. The minimum Gasteiger partial charge on any atom is -0.368 e. The molecule has 4 aromatic rings. The first-order chi connectivity index (χ1) is 16.1. The van der Waals surface area contributed by atoms with Crippen LogP contribution in [0, 0.1) is 23.7 Å². The van der Waals surface area contributed by atoms with Gasteiger partial charge in [-0.25, -0.2) is 9.50 Å². The number of hydrogen-bond donors (Lipinski definition) is 2. The SMILES string of the molecule is C#CCCC(=O)NCCNc1ccc(-c2cc(-c3cnn(C)c3)cn3ncc(C#N)c23)cn1. The molecule has 9 heteroatoms. The molecule has 4 aromatic heterocycles. The van der Waals surface area contributed by atoms with Crippen LogP contribution >= 0.6 is 0 Å². The van der Waals surface area contributed by atoms with Gasteiger partial charge in [-0.1, -0.05) is 0 Å². The number of nitrogens with zero attached hydrogens (tertiary/aromatic N) is 6. The Morgan fingerprint density at radius 1 is 1.12 bits per heavy atom. The first kappa shape index (κ1) is 21.6. The van der Waals surface area contributed by atoms with Gasteiger partial charge in [-0.15, -0.1) is 12.3 Å². The van der Waals surface area contributed by atoms with Crippen molar-refractivity contribution in [1.82, 2.24) is 29.7 Å². The number of fused-ring (bicyclic) bond motifs is 1. The molecule has 4 heterocycles. The van der Waals surface area contributed by atoms with Crippen molar-refractivity contribution in [1.29, 1.82) is 5.26 Å². The van der Waals surface area contributed by atoms with Gasteiger partial charge in [0.15, 0.2) is 0 Å². The summed E-state index contributed by atoms with van der Waals surface area (Å²) in [5, 5.41) is 24.2. The molecule has 0 aliphatic rings. The Balaban J connectivity index is 1.55. The van der Waals surface area contributed by atoms with Gasteiger partial charge in [0.1, 0.15) is 11.9 Å². The third-order valence-corrected chi connectivity index (χ3v) is 5.09. The van der Waals surface area contributed by atoms with Crippen LogP contribution in [0.5, 0.6) is 0 Å². The Labute approximate surface area is 191 Å². The zero-order valence-electron chi connectivity index (χ0n) is 18.1. The number of anilines is 1. The Kier molecular flexibility index (Phi) is 6.33. The number of nitriles is 1. The van der Waals surface area contributed by atoms with Gasteiger partial charge in [0.25, 0.3) is 0 Å². The fourth-order valence-corrected chi connectivity index (χ4v) is 3.48. The van der Waals surface area contributed by atoms with Crippen molar-refractivity contribution in [3.05, 3.63) is 54.7 Å². The standard InChI is InChI=1S/C24H22N8O/c1-3-4-5-23(33)27-9-8-26-22-7-6-17(12-28-22)21-10-18(20-14-29-31(2)15-20)16-32-24(21)19(11-25)13-30-32/h1,6-7,10,12-16H,4-5,8-9H2,2H3,(H,26,28)(H,27,33). The van der Waals surface area contributed by atoms with Gasteiger partial charge in [0, 0.05) is 73.8 Å². The van der Waals surface area contributed by atoms with Gasteiger partial charge in [-0.3, -0.25) is 9.48 Å². The molecule has 0 saturated carbocycles. The van der Waals surface area contributed by atoms with Crippen LogP contribution in [0.3, 0.4) is 0 Å². The second-order valence-electron chi connectivity index (χ2n) is 7.42. The van der Waals surface area contributed by atoms with E-state index in [1.165, 1.54) is 0 Å². The molecular formula is C24H22N8O. The molecule has 4 rings (SSSR count). The first-order valence-corrected chi connectivity index (χ1v) is 10.4. The molecule has 164 valence electrons. The molecular weight excluding hydrogens is 416 g/mol. The van der Waals surface area contributed by atoms with Crippen molar-refractivity contribution in [3.8, 4) is 40.7 Å². The van der Waals surface area contributed by atoms with Gasteiger partial charge in [0.05, 0.1) is 23.5 Å². The van der Waals surface area contributed by atoms with E-state index in [4.69, 9.17) is 6.42 Å². The lowest BCUT2D eigenvalue weighted by Gasteiger charge is -2.10. The lowest BCUT2D eigenvalue weighted by molar-refractivity contribution is -0.120. The summed E-state index contributed by atoms with van der Waals surface area (Å²) in [5.74, 6) is 3.07. The number of amides is 1. The smallest absolute Gasteiger partial charge is 0.221 e. The van der Waals surface area contributed by atoms with Crippen LogP contribution in [0.25, 0.3) is 27.8 Å². The fraction of sp³-hybridized carbons (Fsp3) is 0.208. The zero-order chi connectivity index (χ0) is 23.2. The summed E-state index contributed by atoms with van der Waals surface area (Å²) in [7, 11) is 1.86. The van der Waals surface area contributed by atoms with E-state index >= 15 is 0 Å². The van der Waals surface area contributed by atoms with Gasteiger partial charge in [0.2, 0.25) is 5.91 Å². The molecule has 1 amide bonds. The molecule has 0 radical (unpaired) electrons. The van der Waals surface area contributed by atoms with Gasteiger partial charge in [-0.05, 0) is 18.2 Å². The number of carbonyl (C=O) groups is 1. The van der Waals surface area contributed by atoms with E-state index in [0.717, 1.165) is 27.8 Å². The predicted molar refractivity (Wildman–Crippen MR) is 125 cm³/mol. The molecule has 9 nitrogen and oxygen atoms in total. The molecule has 0 unspecified atom stereocenters. The van der Waals surface area contributed by atoms with E-state index in [2.05, 4.69) is 37.8 Å². The first-order valence-electron chi connectivity index (χ1n) is 10.4. The number of hydrogen-bond acceptors (Lipinski definition) is 6. The minimum atomic E-state index is -0.0651. The highest BCUT2D eigenvalue weighted by atomic mass is 16.1. The van der Waals surface area contributed by atoms with Crippen LogP contribution in [0.4, 0.5) is 5.82 Å². The summed E-state index contributed by atoms with van der Waals surface area (Å²) >= 11 is 0. The average molecular weight is 438 g/mol. The molecule has 0 fully saturated rings. The monoisotopic (exact) mass is 438 g/mol. The highest BCUT2D eigenvalue weighted by molar-refractivity contribution is 5.87. The summed E-state index contributed by atoms with van der Waals surface area (Å²) in [5.41, 5.74) is 4.81. The van der Waals surface area contributed by atoms with E-state index in [-0.39, 0.29) is 5.91 Å². The number of terminal acetylenes is 1. The second-order valence-corrected chi connectivity index (χ2v) is 7.42. The third kappa shape index (κ3) is 4.83. The lowest BCUT2D eigenvalue weighted by atomic mass is 10.0. The average Bonchev–Trinajstić information content (AvgIpc) is 3.46. The Bertz CT molecular complexity index is 1370. The van der Waals surface area contributed by atoms with Crippen molar-refractivity contribution in [2.75, 3.05) is 18.4 Å². The van der Waals surface area contributed by atoms with Gasteiger partial charge >= 0.3 is 0 Å². The molecule has 0 spiro atoms. The highest BCUT2D eigenvalue weighted by Gasteiger charge is 2.14. The largest absolute Gasteiger partial charge is 0.368 e. The van der Waals surface area contributed by atoms with Crippen molar-refractivity contribution in [3.63, 3.8) is 0 Å². The van der Waals surface area contributed by atoms with Crippen molar-refractivity contribution < 1.29 is 4.79 Å². The van der Waals surface area contributed by atoms with Gasteiger partial charge in [-0.2, -0.15) is 15.5 Å². The van der Waals surface area contributed by atoms with Crippen molar-refractivity contribution in [2.24, 2.45) is 7.05 Å². The number of nitrogens with one attached hydrogen (secondary N) is 2. The second kappa shape index (κ2) is 9.67. The normalized spacial score (nSPS) is 10.5. The van der Waals surface area contributed by atoms with E-state index in [1.54, 1.807) is 27.8 Å². The van der Waals surface area contributed by atoms with E-state index in [0.29, 0.717) is 37.3 Å². The molecule has 0 saturated heterocycles. The predicted octanol–water partition coefficient (Wildman–Crippen LogP) is 2.61. The van der Waals surface area contributed by atoms with E-state index in [1.807, 2.05) is 37.6 Å². The maximum atomic E-state index is 11.6. The molecule has 0 aliphatic heterocycles. The lowest BCUT2D eigenvalue weighted by Crippen LogP contribution is -2.28. The summed E-state index contributed by atoms with van der Waals surface area (Å²) < 4.78 is 3.45. The van der Waals surface area contributed by atoms with Crippen LogP contribution in [0.15, 0.2) is 49.2 Å². The van der Waals surface area contributed by atoms with Crippen LogP contribution in [0.2, 0.25) is 0 Å². The molecule has 33 heavy (non-hydrogen) atoms. The molecule has 0 atom stereocenters. The Morgan fingerprint density at radius 3 is 2.70 bits per heavy atom. The van der Waals surface area contributed by atoms with Crippen molar-refractivity contribution >= 4 is 17.2 Å². The van der Waals surface area contributed by atoms with Crippen molar-refractivity contribution in [2.45, 2.75) is 12.8 Å². The quantitative estimate of drug-likeness (QED) is 0.323. The van der Waals surface area contributed by atoms with Crippen LogP contribution < -0.4 is 10.6 Å². The Hall–Kier alpha value is -4.63. The Morgan fingerprint density at radius 2 is 2.00 bits per heavy atom. The number of carbonyl (C=O) groups excluding carboxylic acids is 1. The van der Waals surface area contributed by atoms with Crippen LogP contribution in [-0.2, 0) is 11.8 Å².